The number of nitrogens with one attached hydrogen (secondary N) is 1. The van der Waals surface area contributed by atoms with Gasteiger partial charge in [-0.25, -0.2) is 0 Å². The Morgan fingerprint density at radius 2 is 1.84 bits per heavy atom. The van der Waals surface area contributed by atoms with Crippen molar-refractivity contribution >= 4 is 11.7 Å². The fraction of sp³-hybridized carbons (Fsp3) is 0.500. The lowest BCUT2D eigenvalue weighted by Gasteiger charge is -2.16. The van der Waals surface area contributed by atoms with Crippen LogP contribution in [0.15, 0.2) is 18.2 Å². The third-order valence-electron chi connectivity index (χ3n) is 3.62. The molecule has 19 heavy (non-hydrogen) atoms. The van der Waals surface area contributed by atoms with E-state index in [1.54, 1.807) is 0 Å². The lowest BCUT2D eigenvalue weighted by atomic mass is 9.89. The lowest BCUT2D eigenvalue weighted by molar-refractivity contribution is -0.120. The molecule has 0 aromatic heterocycles. The van der Waals surface area contributed by atoms with Gasteiger partial charge in [-0.3, -0.25) is 9.59 Å². The van der Waals surface area contributed by atoms with E-state index in [0.29, 0.717) is 13.0 Å². The van der Waals surface area contributed by atoms with E-state index in [-0.39, 0.29) is 18.1 Å². The molecule has 3 nitrogen and oxygen atoms in total. The monoisotopic (exact) mass is 259 g/mol. The van der Waals surface area contributed by atoms with Gasteiger partial charge in [0.2, 0.25) is 5.91 Å². The van der Waals surface area contributed by atoms with Crippen LogP contribution in [0.25, 0.3) is 0 Å². The van der Waals surface area contributed by atoms with Crippen LogP contribution in [0.4, 0.5) is 0 Å². The van der Waals surface area contributed by atoms with Crippen LogP contribution >= 0.6 is 0 Å². The van der Waals surface area contributed by atoms with Gasteiger partial charge in [-0.2, -0.15) is 0 Å². The number of hydrogen-bond acceptors (Lipinski definition) is 2. The Balaban J connectivity index is 1.97. The van der Waals surface area contributed by atoms with E-state index in [9.17, 15) is 9.59 Å². The Bertz CT molecular complexity index is 480. The number of Topliss-reactive ketones (excluding diaryl/α,β-unsaturated/α-hetero) is 1. The molecule has 1 amide bonds. The Morgan fingerprint density at radius 3 is 2.58 bits per heavy atom. The lowest BCUT2D eigenvalue weighted by Crippen LogP contribution is -2.23. The fourth-order valence-corrected chi connectivity index (χ4v) is 2.56. The third-order valence-corrected chi connectivity index (χ3v) is 3.62. The molecule has 1 N–H and O–H groups in total. The largest absolute Gasteiger partial charge is 0.356 e. The number of carbonyl (C=O) groups excluding carboxylic acids is 2. The first-order valence-corrected chi connectivity index (χ1v) is 7.12. The van der Waals surface area contributed by atoms with Gasteiger partial charge in [-0.1, -0.05) is 12.1 Å². The van der Waals surface area contributed by atoms with Crippen LogP contribution in [0.2, 0.25) is 0 Å². The van der Waals surface area contributed by atoms with Gasteiger partial charge in [-0.15, -0.1) is 0 Å². The Hall–Kier alpha value is -1.64. The Morgan fingerprint density at radius 1 is 1.11 bits per heavy atom. The van der Waals surface area contributed by atoms with Crippen LogP contribution < -0.4 is 5.32 Å². The van der Waals surface area contributed by atoms with Gasteiger partial charge in [0.25, 0.3) is 0 Å². The van der Waals surface area contributed by atoms with Crippen molar-refractivity contribution in [3.05, 3.63) is 34.9 Å². The number of rotatable bonds is 5. The van der Waals surface area contributed by atoms with E-state index in [4.69, 9.17) is 0 Å². The summed E-state index contributed by atoms with van der Waals surface area (Å²) < 4.78 is 0. The highest BCUT2D eigenvalue weighted by Gasteiger charge is 2.13. The van der Waals surface area contributed by atoms with Gasteiger partial charge >= 0.3 is 0 Å². The quantitative estimate of drug-likeness (QED) is 0.826. The van der Waals surface area contributed by atoms with Crippen LogP contribution in [0.5, 0.6) is 0 Å². The maximum Gasteiger partial charge on any atom is 0.220 e. The number of amides is 1. The van der Waals surface area contributed by atoms with E-state index < -0.39 is 0 Å². The highest BCUT2D eigenvalue weighted by molar-refractivity contribution is 5.98. The summed E-state index contributed by atoms with van der Waals surface area (Å²) in [6.07, 6.45) is 5.24. The van der Waals surface area contributed by atoms with Crippen molar-refractivity contribution in [3.63, 3.8) is 0 Å². The maximum absolute atomic E-state index is 12.1. The Labute approximate surface area is 114 Å². The van der Waals surface area contributed by atoms with Crippen LogP contribution in [0, 0.1) is 0 Å². The Kier molecular flexibility index (Phi) is 4.72. The zero-order valence-corrected chi connectivity index (χ0v) is 11.5. The maximum atomic E-state index is 12.1. The molecular formula is C16H21NO2. The third kappa shape index (κ3) is 3.66. The van der Waals surface area contributed by atoms with Crippen molar-refractivity contribution in [2.24, 2.45) is 0 Å². The molecule has 0 atom stereocenters. The minimum absolute atomic E-state index is 0.0474. The number of ketones is 1. The molecule has 1 aromatic rings. The summed E-state index contributed by atoms with van der Waals surface area (Å²) in [7, 11) is 0. The molecule has 1 aliphatic rings. The summed E-state index contributed by atoms with van der Waals surface area (Å²) in [6, 6.07) is 6.01. The number of carbonyl (C=O) groups is 2. The summed E-state index contributed by atoms with van der Waals surface area (Å²) in [6.45, 7) is 2.50. The highest BCUT2D eigenvalue weighted by atomic mass is 16.2. The first-order valence-electron chi connectivity index (χ1n) is 7.12. The smallest absolute Gasteiger partial charge is 0.220 e. The number of aryl methyl sites for hydroxylation is 2. The van der Waals surface area contributed by atoms with Gasteiger partial charge in [0.05, 0.1) is 0 Å². The summed E-state index contributed by atoms with van der Waals surface area (Å²) in [5.74, 6) is 0.0217. The van der Waals surface area contributed by atoms with Gasteiger partial charge in [0, 0.05) is 24.9 Å². The van der Waals surface area contributed by atoms with Crippen LogP contribution in [-0.2, 0) is 17.6 Å². The molecule has 102 valence electrons. The number of hydrogen-bond donors (Lipinski definition) is 1. The van der Waals surface area contributed by atoms with Gasteiger partial charge < -0.3 is 5.32 Å². The zero-order chi connectivity index (χ0) is 13.7. The van der Waals surface area contributed by atoms with Gasteiger partial charge in [-0.05, 0) is 49.8 Å². The number of benzene rings is 1. The summed E-state index contributed by atoms with van der Waals surface area (Å²) >= 11 is 0. The van der Waals surface area contributed by atoms with Gasteiger partial charge in [0.15, 0.2) is 5.78 Å². The van der Waals surface area contributed by atoms with Crippen LogP contribution in [0.3, 0.4) is 0 Å². The van der Waals surface area contributed by atoms with Crippen molar-refractivity contribution in [3.8, 4) is 0 Å². The average molecular weight is 259 g/mol. The summed E-state index contributed by atoms with van der Waals surface area (Å²) in [5.41, 5.74) is 3.45. The number of fused-ring (bicyclic) bond motifs is 1. The molecule has 0 saturated heterocycles. The molecule has 0 heterocycles. The van der Waals surface area contributed by atoms with E-state index in [2.05, 4.69) is 11.4 Å². The van der Waals surface area contributed by atoms with Gasteiger partial charge in [0.1, 0.15) is 0 Å². The molecule has 3 heteroatoms. The molecule has 0 saturated carbocycles. The SMILES string of the molecule is CCNC(=O)CCC(=O)c1ccc2c(c1)CCCC2. The molecule has 0 unspecified atom stereocenters. The van der Waals surface area contributed by atoms with Crippen molar-refractivity contribution in [2.75, 3.05) is 6.54 Å². The topological polar surface area (TPSA) is 46.2 Å². The second-order valence-corrected chi connectivity index (χ2v) is 5.07. The van der Waals surface area contributed by atoms with Crippen molar-refractivity contribution < 1.29 is 9.59 Å². The second-order valence-electron chi connectivity index (χ2n) is 5.07. The summed E-state index contributed by atoms with van der Waals surface area (Å²) in [4.78, 5) is 23.4. The first kappa shape index (κ1) is 13.8. The standard InChI is InChI=1S/C16H21NO2/c1-2-17-16(19)10-9-15(18)14-8-7-12-5-3-4-6-13(12)11-14/h7-8,11H,2-6,9-10H2,1H3,(H,17,19). The molecule has 0 spiro atoms. The molecule has 0 fully saturated rings. The predicted octanol–water partition coefficient (Wildman–Crippen LogP) is 2.66. The van der Waals surface area contributed by atoms with E-state index in [1.807, 2.05) is 19.1 Å². The fourth-order valence-electron chi connectivity index (χ4n) is 2.56. The first-order chi connectivity index (χ1) is 9.20. The van der Waals surface area contributed by atoms with Crippen LogP contribution in [-0.4, -0.2) is 18.2 Å². The minimum atomic E-state index is -0.0474. The minimum Gasteiger partial charge on any atom is -0.356 e. The van der Waals surface area contributed by atoms with E-state index >= 15 is 0 Å². The predicted molar refractivity (Wildman–Crippen MR) is 75.3 cm³/mol. The molecule has 1 aliphatic carbocycles. The van der Waals surface area contributed by atoms with E-state index in [1.165, 1.54) is 24.0 Å². The van der Waals surface area contributed by atoms with Crippen molar-refractivity contribution in [1.29, 1.82) is 0 Å². The molecule has 0 radical (unpaired) electrons. The second kappa shape index (κ2) is 6.50. The average Bonchev–Trinajstić information content (AvgIpc) is 2.44. The van der Waals surface area contributed by atoms with Crippen molar-refractivity contribution in [1.82, 2.24) is 5.32 Å². The normalized spacial score (nSPS) is 13.7. The zero-order valence-electron chi connectivity index (χ0n) is 11.5. The highest BCUT2D eigenvalue weighted by Crippen LogP contribution is 2.22. The molecule has 0 bridgehead atoms. The van der Waals surface area contributed by atoms with Crippen LogP contribution in [0.1, 0.15) is 54.1 Å². The molecule has 1 aromatic carbocycles. The molecule has 0 aliphatic heterocycles. The summed E-state index contributed by atoms with van der Waals surface area (Å²) in [5, 5.41) is 2.71. The van der Waals surface area contributed by atoms with Crippen molar-refractivity contribution in [2.45, 2.75) is 45.4 Å². The molecule has 2 rings (SSSR count). The van der Waals surface area contributed by atoms with E-state index in [0.717, 1.165) is 18.4 Å². The molecular weight excluding hydrogens is 238 g/mol.